The second kappa shape index (κ2) is 4.98. The van der Waals surface area contributed by atoms with Crippen molar-refractivity contribution in [3.8, 4) is 0 Å². The molecule has 0 bridgehead atoms. The van der Waals surface area contributed by atoms with Crippen LogP contribution in [0.2, 0.25) is 24.2 Å². The molecule has 0 spiro atoms. The fourth-order valence-electron chi connectivity index (χ4n) is 1.37. The van der Waals surface area contributed by atoms with Crippen molar-refractivity contribution in [1.29, 1.82) is 0 Å². The minimum Gasteiger partial charge on any atom is -0.379 e. The van der Waals surface area contributed by atoms with Crippen LogP contribution >= 0.6 is 0 Å². The molecule has 1 rings (SSSR count). The maximum Gasteiger partial charge on any atom is 0.104 e. The van der Waals surface area contributed by atoms with Gasteiger partial charge < -0.3 is 9.47 Å². The largest absolute Gasteiger partial charge is 0.379 e. The molecule has 0 aromatic carbocycles. The van der Waals surface area contributed by atoms with Gasteiger partial charge in [0.15, 0.2) is 0 Å². The molecule has 0 N–H and O–H groups in total. The third-order valence-electron chi connectivity index (χ3n) is 3.83. The lowest BCUT2D eigenvalue weighted by Crippen LogP contribution is -2.36. The summed E-state index contributed by atoms with van der Waals surface area (Å²) in [6.07, 6.45) is 1.63. The van der Waals surface area contributed by atoms with Crippen LogP contribution in [-0.4, -0.2) is 34.0 Å². The van der Waals surface area contributed by atoms with Crippen molar-refractivity contribution in [1.82, 2.24) is 0 Å². The monoisotopic (exact) mass is 230 g/mol. The second-order valence-corrected chi connectivity index (χ2v) is 12.0. The van der Waals surface area contributed by atoms with Crippen molar-refractivity contribution < 1.29 is 9.47 Å². The van der Waals surface area contributed by atoms with Crippen LogP contribution in [0.3, 0.4) is 0 Å². The molecule has 1 heterocycles. The maximum absolute atomic E-state index is 5.56. The summed E-state index contributed by atoms with van der Waals surface area (Å²) in [6.45, 7) is 14.7. The van der Waals surface area contributed by atoms with E-state index in [1.54, 1.807) is 0 Å². The Morgan fingerprint density at radius 2 is 1.93 bits per heavy atom. The average Bonchev–Trinajstić information content (AvgIpc) is 2.85. The van der Waals surface area contributed by atoms with E-state index in [1.807, 2.05) is 0 Å². The summed E-state index contributed by atoms with van der Waals surface area (Å²) in [6, 6.07) is 1.36. The van der Waals surface area contributed by atoms with Crippen LogP contribution in [0.15, 0.2) is 0 Å². The van der Waals surface area contributed by atoms with Crippen molar-refractivity contribution >= 4 is 8.07 Å². The van der Waals surface area contributed by atoms with Crippen molar-refractivity contribution in [2.75, 3.05) is 19.8 Å². The molecule has 0 radical (unpaired) electrons. The van der Waals surface area contributed by atoms with Crippen LogP contribution in [0, 0.1) is 0 Å². The molecular weight excluding hydrogens is 204 g/mol. The predicted octanol–water partition coefficient (Wildman–Crippen LogP) is 3.30. The summed E-state index contributed by atoms with van der Waals surface area (Å²) in [5, 5.41) is 0.507. The Kier molecular flexibility index (Phi) is 4.38. The number of ether oxygens (including phenoxy) is 2. The first-order valence-electron chi connectivity index (χ1n) is 6.02. The summed E-state index contributed by atoms with van der Waals surface area (Å²) in [7, 11) is -1.08. The summed E-state index contributed by atoms with van der Waals surface area (Å²) in [5.74, 6) is 0. The van der Waals surface area contributed by atoms with Gasteiger partial charge in [-0.25, -0.2) is 0 Å². The van der Waals surface area contributed by atoms with Crippen molar-refractivity contribution in [3.63, 3.8) is 0 Å². The van der Waals surface area contributed by atoms with Gasteiger partial charge in [-0.05, 0) is 11.5 Å². The Morgan fingerprint density at radius 1 is 1.33 bits per heavy atom. The van der Waals surface area contributed by atoms with Crippen LogP contribution < -0.4 is 0 Å². The minimum absolute atomic E-state index is 0.415. The van der Waals surface area contributed by atoms with E-state index in [2.05, 4.69) is 33.9 Å². The Morgan fingerprint density at radius 3 is 2.40 bits per heavy atom. The van der Waals surface area contributed by atoms with Crippen LogP contribution in [0.4, 0.5) is 0 Å². The van der Waals surface area contributed by atoms with E-state index in [9.17, 15) is 0 Å². The molecule has 0 aromatic rings. The molecule has 3 heteroatoms. The maximum atomic E-state index is 5.56. The molecule has 2 nitrogen and oxygen atoms in total. The standard InChI is InChI=1S/C12H26O2Si/c1-12(2,3)15(4,5)8-6-7-13-9-11-10-14-11/h11H,6-10H2,1-5H3. The van der Waals surface area contributed by atoms with E-state index in [4.69, 9.17) is 9.47 Å². The first-order chi connectivity index (χ1) is 6.83. The van der Waals surface area contributed by atoms with Gasteiger partial charge in [-0.15, -0.1) is 0 Å². The van der Waals surface area contributed by atoms with Gasteiger partial charge in [0, 0.05) is 6.61 Å². The third kappa shape index (κ3) is 4.66. The summed E-state index contributed by atoms with van der Waals surface area (Å²) < 4.78 is 10.7. The number of rotatable bonds is 6. The highest BCUT2D eigenvalue weighted by Gasteiger charge is 2.34. The SMILES string of the molecule is CC(C)(C)[Si](C)(C)CCCOCC1CO1. The fourth-order valence-corrected chi connectivity index (χ4v) is 3.15. The van der Waals surface area contributed by atoms with E-state index in [0.717, 1.165) is 19.8 Å². The molecule has 1 fully saturated rings. The fraction of sp³-hybridized carbons (Fsp3) is 1.00. The molecule has 1 unspecified atom stereocenters. The van der Waals surface area contributed by atoms with Gasteiger partial charge in [0.05, 0.1) is 21.3 Å². The van der Waals surface area contributed by atoms with Gasteiger partial charge in [-0.2, -0.15) is 0 Å². The molecule has 0 saturated carbocycles. The minimum atomic E-state index is -1.08. The van der Waals surface area contributed by atoms with E-state index >= 15 is 0 Å². The number of epoxide rings is 1. The lowest BCUT2D eigenvalue weighted by Gasteiger charge is -2.37. The third-order valence-corrected chi connectivity index (χ3v) is 9.49. The summed E-state index contributed by atoms with van der Waals surface area (Å²) in [5.41, 5.74) is 0. The summed E-state index contributed by atoms with van der Waals surface area (Å²) >= 11 is 0. The lowest BCUT2D eigenvalue weighted by molar-refractivity contribution is 0.117. The molecular formula is C12H26O2Si. The Bertz CT molecular complexity index is 192. The van der Waals surface area contributed by atoms with Crippen LogP contribution in [0.5, 0.6) is 0 Å². The van der Waals surface area contributed by atoms with Gasteiger partial charge in [0.2, 0.25) is 0 Å². The molecule has 1 atom stereocenters. The zero-order valence-corrected chi connectivity index (χ0v) is 11.9. The molecule has 0 aromatic heterocycles. The average molecular weight is 230 g/mol. The topological polar surface area (TPSA) is 21.8 Å². The van der Waals surface area contributed by atoms with Crippen LogP contribution in [-0.2, 0) is 9.47 Å². The predicted molar refractivity (Wildman–Crippen MR) is 67.2 cm³/mol. The number of hydrogen-bond acceptors (Lipinski definition) is 2. The van der Waals surface area contributed by atoms with Gasteiger partial charge in [-0.1, -0.05) is 39.9 Å². The Hall–Kier alpha value is 0.137. The van der Waals surface area contributed by atoms with Crippen LogP contribution in [0.1, 0.15) is 27.2 Å². The molecule has 0 amide bonds. The van der Waals surface area contributed by atoms with Crippen molar-refractivity contribution in [3.05, 3.63) is 0 Å². The lowest BCUT2D eigenvalue weighted by atomic mass is 10.2. The molecule has 1 aliphatic rings. The van der Waals surface area contributed by atoms with Gasteiger partial charge in [0.1, 0.15) is 6.10 Å². The molecule has 90 valence electrons. The molecule has 15 heavy (non-hydrogen) atoms. The highest BCUT2D eigenvalue weighted by molar-refractivity contribution is 6.80. The first kappa shape index (κ1) is 13.2. The second-order valence-electron chi connectivity index (χ2n) is 6.27. The van der Waals surface area contributed by atoms with Crippen molar-refractivity contribution in [2.24, 2.45) is 0 Å². The molecule has 1 aliphatic heterocycles. The molecule has 1 saturated heterocycles. The van der Waals surface area contributed by atoms with E-state index < -0.39 is 8.07 Å². The Balaban J connectivity index is 2.06. The zero-order chi connectivity index (χ0) is 11.5. The van der Waals surface area contributed by atoms with Crippen LogP contribution in [0.25, 0.3) is 0 Å². The van der Waals surface area contributed by atoms with E-state index in [1.165, 1.54) is 12.5 Å². The molecule has 0 aliphatic carbocycles. The highest BCUT2D eigenvalue weighted by atomic mass is 28.3. The van der Waals surface area contributed by atoms with E-state index in [-0.39, 0.29) is 0 Å². The normalized spacial score (nSPS) is 21.8. The quantitative estimate of drug-likeness (QED) is 0.397. The Labute approximate surface area is 95.4 Å². The van der Waals surface area contributed by atoms with Crippen molar-refractivity contribution in [2.45, 2.75) is 57.5 Å². The van der Waals surface area contributed by atoms with E-state index in [0.29, 0.717) is 11.1 Å². The number of hydrogen-bond donors (Lipinski definition) is 0. The summed E-state index contributed by atoms with van der Waals surface area (Å²) in [4.78, 5) is 0. The van der Waals surface area contributed by atoms with Gasteiger partial charge in [0.25, 0.3) is 0 Å². The smallest absolute Gasteiger partial charge is 0.104 e. The first-order valence-corrected chi connectivity index (χ1v) is 9.23. The van der Waals surface area contributed by atoms with Gasteiger partial charge in [-0.3, -0.25) is 0 Å². The zero-order valence-electron chi connectivity index (χ0n) is 10.9. The van der Waals surface area contributed by atoms with Gasteiger partial charge >= 0.3 is 0 Å². The highest BCUT2D eigenvalue weighted by Crippen LogP contribution is 2.39.